The molecule has 0 atom stereocenters. The number of hydrogen-bond donors (Lipinski definition) is 0. The van der Waals surface area contributed by atoms with E-state index in [-0.39, 0.29) is 5.91 Å². The quantitative estimate of drug-likeness (QED) is 0.371. The number of hydrogen-bond acceptors (Lipinski definition) is 4. The van der Waals surface area contributed by atoms with Crippen molar-refractivity contribution < 1.29 is 19.1 Å². The lowest BCUT2D eigenvalue weighted by atomic mass is 9.91. The summed E-state index contributed by atoms with van der Waals surface area (Å²) in [6.45, 7) is 1.94. The third-order valence-electron chi connectivity index (χ3n) is 5.04. The number of rotatable bonds is 3. The van der Waals surface area contributed by atoms with Gasteiger partial charge in [-0.3, -0.25) is 9.59 Å². The van der Waals surface area contributed by atoms with Crippen LogP contribution in [0.2, 0.25) is 0 Å². The monoisotopic (exact) mass is 397 g/mol. The summed E-state index contributed by atoms with van der Waals surface area (Å²) < 4.78 is 4.86. The molecule has 0 N–H and O–H groups in total. The number of carbonyl (C=O) groups excluding carboxylic acids is 3. The first-order valence-corrected chi connectivity index (χ1v) is 9.45. The van der Waals surface area contributed by atoms with E-state index in [2.05, 4.69) is 0 Å². The molecule has 3 aromatic carbocycles. The standard InChI is InChI=1S/C25H19NO4/c1-16-11-13-18(14-12-16)26-23(27)21-10-6-5-9-20(21)22(24(26)28)15-17-7-3-4-8-19(17)25(29)30-2/h3-15H,1-2H3/b22-15-. The van der Waals surface area contributed by atoms with E-state index in [0.29, 0.717) is 33.5 Å². The summed E-state index contributed by atoms with van der Waals surface area (Å²) in [5, 5.41) is 0. The van der Waals surface area contributed by atoms with Crippen LogP contribution in [0.4, 0.5) is 5.69 Å². The Morgan fingerprint density at radius 1 is 0.833 bits per heavy atom. The van der Waals surface area contributed by atoms with Gasteiger partial charge in [-0.05, 0) is 48.4 Å². The summed E-state index contributed by atoms with van der Waals surface area (Å²) in [7, 11) is 1.31. The molecule has 148 valence electrons. The highest BCUT2D eigenvalue weighted by molar-refractivity contribution is 6.43. The van der Waals surface area contributed by atoms with E-state index in [1.165, 1.54) is 12.0 Å². The summed E-state index contributed by atoms with van der Waals surface area (Å²) in [6, 6.07) is 21.1. The van der Waals surface area contributed by atoms with E-state index < -0.39 is 11.9 Å². The van der Waals surface area contributed by atoms with Gasteiger partial charge in [0.2, 0.25) is 0 Å². The lowest BCUT2D eigenvalue weighted by molar-refractivity contribution is -0.112. The number of methoxy groups -OCH3 is 1. The Bertz CT molecular complexity index is 1190. The lowest BCUT2D eigenvalue weighted by Crippen LogP contribution is -2.41. The van der Waals surface area contributed by atoms with Gasteiger partial charge in [-0.1, -0.05) is 54.1 Å². The fraction of sp³-hybridized carbons (Fsp3) is 0.0800. The summed E-state index contributed by atoms with van der Waals surface area (Å²) in [5.41, 5.74) is 3.71. The number of imide groups is 1. The van der Waals surface area contributed by atoms with E-state index in [1.54, 1.807) is 66.7 Å². The van der Waals surface area contributed by atoms with Gasteiger partial charge in [-0.25, -0.2) is 9.69 Å². The Hall–Kier alpha value is -3.99. The molecule has 5 heteroatoms. The topological polar surface area (TPSA) is 63.7 Å². The molecule has 0 radical (unpaired) electrons. The van der Waals surface area contributed by atoms with Gasteiger partial charge in [0.25, 0.3) is 11.8 Å². The molecule has 3 aromatic rings. The summed E-state index contributed by atoms with van der Waals surface area (Å²) in [6.07, 6.45) is 1.64. The Morgan fingerprint density at radius 2 is 1.47 bits per heavy atom. The number of anilines is 1. The maximum Gasteiger partial charge on any atom is 0.338 e. The van der Waals surface area contributed by atoms with Gasteiger partial charge in [0.05, 0.1) is 18.4 Å². The summed E-state index contributed by atoms with van der Waals surface area (Å²) in [5.74, 6) is -1.31. The van der Waals surface area contributed by atoms with Crippen LogP contribution >= 0.6 is 0 Å². The van der Waals surface area contributed by atoms with Crippen molar-refractivity contribution in [2.45, 2.75) is 6.92 Å². The number of benzene rings is 3. The molecule has 0 saturated heterocycles. The molecule has 2 amide bonds. The van der Waals surface area contributed by atoms with Crippen molar-refractivity contribution in [1.82, 2.24) is 0 Å². The van der Waals surface area contributed by atoms with Gasteiger partial charge in [0, 0.05) is 11.1 Å². The van der Waals surface area contributed by atoms with E-state index >= 15 is 0 Å². The van der Waals surface area contributed by atoms with Crippen LogP contribution in [-0.4, -0.2) is 24.9 Å². The first kappa shape index (κ1) is 19.3. The van der Waals surface area contributed by atoms with E-state index in [1.807, 2.05) is 19.1 Å². The third kappa shape index (κ3) is 3.31. The Labute approximate surface area is 174 Å². The first-order valence-electron chi connectivity index (χ1n) is 9.45. The normalized spacial score (nSPS) is 14.6. The number of esters is 1. The van der Waals surface area contributed by atoms with Crippen LogP contribution in [0, 0.1) is 6.92 Å². The van der Waals surface area contributed by atoms with Crippen molar-refractivity contribution in [3.63, 3.8) is 0 Å². The number of nitrogens with zero attached hydrogens (tertiary/aromatic N) is 1. The van der Waals surface area contributed by atoms with Crippen molar-refractivity contribution in [3.8, 4) is 0 Å². The van der Waals surface area contributed by atoms with Gasteiger partial charge in [-0.2, -0.15) is 0 Å². The van der Waals surface area contributed by atoms with Crippen molar-refractivity contribution in [1.29, 1.82) is 0 Å². The minimum absolute atomic E-state index is 0.335. The number of aryl methyl sites for hydroxylation is 1. The minimum atomic E-state index is -0.495. The predicted molar refractivity (Wildman–Crippen MR) is 115 cm³/mol. The highest BCUT2D eigenvalue weighted by Crippen LogP contribution is 2.34. The Kier molecular flexibility index (Phi) is 5.02. The molecule has 0 bridgehead atoms. The SMILES string of the molecule is COC(=O)c1ccccc1/C=C1\C(=O)N(c2ccc(C)cc2)C(=O)c2ccccc21. The van der Waals surface area contributed by atoms with Crippen LogP contribution in [0.25, 0.3) is 11.6 Å². The molecule has 0 aromatic heterocycles. The molecule has 0 saturated carbocycles. The van der Waals surface area contributed by atoms with Crippen molar-refractivity contribution in [3.05, 3.63) is 101 Å². The van der Waals surface area contributed by atoms with E-state index in [9.17, 15) is 14.4 Å². The fourth-order valence-electron chi connectivity index (χ4n) is 3.49. The van der Waals surface area contributed by atoms with Crippen LogP contribution in [-0.2, 0) is 9.53 Å². The molecule has 0 spiro atoms. The first-order chi connectivity index (χ1) is 14.5. The average Bonchev–Trinajstić information content (AvgIpc) is 2.77. The Morgan fingerprint density at radius 3 is 2.17 bits per heavy atom. The smallest absolute Gasteiger partial charge is 0.338 e. The van der Waals surface area contributed by atoms with Crippen LogP contribution < -0.4 is 4.90 Å². The molecule has 0 aliphatic carbocycles. The maximum absolute atomic E-state index is 13.5. The van der Waals surface area contributed by atoms with Gasteiger partial charge in [0.15, 0.2) is 0 Å². The molecular formula is C25H19NO4. The molecule has 1 aliphatic rings. The molecule has 1 aliphatic heterocycles. The second-order valence-electron chi connectivity index (χ2n) is 6.96. The van der Waals surface area contributed by atoms with Gasteiger partial charge in [-0.15, -0.1) is 0 Å². The number of ether oxygens (including phenoxy) is 1. The van der Waals surface area contributed by atoms with Crippen LogP contribution in [0.15, 0.2) is 72.8 Å². The van der Waals surface area contributed by atoms with E-state index in [0.717, 1.165) is 5.56 Å². The number of carbonyl (C=O) groups is 3. The average molecular weight is 397 g/mol. The van der Waals surface area contributed by atoms with Gasteiger partial charge < -0.3 is 4.74 Å². The van der Waals surface area contributed by atoms with Crippen molar-refractivity contribution in [2.75, 3.05) is 12.0 Å². The second-order valence-corrected chi connectivity index (χ2v) is 6.96. The fourth-order valence-corrected chi connectivity index (χ4v) is 3.49. The molecule has 0 unspecified atom stereocenters. The molecule has 4 rings (SSSR count). The predicted octanol–water partition coefficient (Wildman–Crippen LogP) is 4.51. The van der Waals surface area contributed by atoms with Gasteiger partial charge >= 0.3 is 5.97 Å². The largest absolute Gasteiger partial charge is 0.465 e. The number of fused-ring (bicyclic) bond motifs is 1. The second kappa shape index (κ2) is 7.79. The van der Waals surface area contributed by atoms with Crippen LogP contribution in [0.5, 0.6) is 0 Å². The van der Waals surface area contributed by atoms with E-state index in [4.69, 9.17) is 4.74 Å². The number of amides is 2. The zero-order chi connectivity index (χ0) is 21.3. The molecule has 0 fully saturated rings. The van der Waals surface area contributed by atoms with Crippen molar-refractivity contribution in [2.24, 2.45) is 0 Å². The molecule has 5 nitrogen and oxygen atoms in total. The zero-order valence-electron chi connectivity index (χ0n) is 16.6. The lowest BCUT2D eigenvalue weighted by Gasteiger charge is -2.29. The Balaban J connectivity index is 1.91. The summed E-state index contributed by atoms with van der Waals surface area (Å²) in [4.78, 5) is 39.9. The highest BCUT2D eigenvalue weighted by atomic mass is 16.5. The molecular weight excluding hydrogens is 378 g/mol. The van der Waals surface area contributed by atoms with Gasteiger partial charge in [0.1, 0.15) is 0 Å². The van der Waals surface area contributed by atoms with Crippen molar-refractivity contribution >= 4 is 35.1 Å². The molecule has 30 heavy (non-hydrogen) atoms. The minimum Gasteiger partial charge on any atom is -0.465 e. The van der Waals surface area contributed by atoms with Crippen LogP contribution in [0.3, 0.4) is 0 Å². The third-order valence-corrected chi connectivity index (χ3v) is 5.04. The molecule has 1 heterocycles. The highest BCUT2D eigenvalue weighted by Gasteiger charge is 2.35. The maximum atomic E-state index is 13.5. The zero-order valence-corrected chi connectivity index (χ0v) is 16.6. The summed E-state index contributed by atoms with van der Waals surface area (Å²) >= 11 is 0. The van der Waals surface area contributed by atoms with Crippen LogP contribution in [0.1, 0.15) is 37.4 Å².